The fourth-order valence-electron chi connectivity index (χ4n) is 1.74. The Hall–Kier alpha value is -1.63. The van der Waals surface area contributed by atoms with Gasteiger partial charge in [-0.05, 0) is 37.0 Å². The molecular formula is C14H14O. The standard InChI is InChI=1S/C14H14O/c1-10-3-6-12(7-4-10)9-13-8-5-11(2)14(13)15/h3-4,6-7,9H,2,5,8H2,1H3. The van der Waals surface area contributed by atoms with E-state index in [9.17, 15) is 4.79 Å². The highest BCUT2D eigenvalue weighted by Crippen LogP contribution is 2.26. The van der Waals surface area contributed by atoms with Crippen LogP contribution < -0.4 is 0 Å². The van der Waals surface area contributed by atoms with Crippen molar-refractivity contribution in [2.24, 2.45) is 0 Å². The van der Waals surface area contributed by atoms with Crippen molar-refractivity contribution < 1.29 is 4.79 Å². The molecule has 1 saturated carbocycles. The van der Waals surface area contributed by atoms with Crippen LogP contribution in [0.1, 0.15) is 24.0 Å². The van der Waals surface area contributed by atoms with Gasteiger partial charge >= 0.3 is 0 Å². The SMILES string of the molecule is C=C1CCC(=Cc2ccc(C)cc2)C1=O. The first-order valence-electron chi connectivity index (χ1n) is 5.16. The summed E-state index contributed by atoms with van der Waals surface area (Å²) in [5.74, 6) is 0.135. The number of rotatable bonds is 1. The maximum Gasteiger partial charge on any atom is 0.184 e. The summed E-state index contributed by atoms with van der Waals surface area (Å²) in [7, 11) is 0. The van der Waals surface area contributed by atoms with Crippen LogP contribution in [0.5, 0.6) is 0 Å². The first-order valence-corrected chi connectivity index (χ1v) is 5.16. The second-order valence-corrected chi connectivity index (χ2v) is 4.01. The summed E-state index contributed by atoms with van der Waals surface area (Å²) < 4.78 is 0. The van der Waals surface area contributed by atoms with Crippen LogP contribution in [-0.4, -0.2) is 5.78 Å². The number of allylic oxidation sites excluding steroid dienone is 2. The largest absolute Gasteiger partial charge is 0.289 e. The molecule has 0 bridgehead atoms. The van der Waals surface area contributed by atoms with Gasteiger partial charge in [0.25, 0.3) is 0 Å². The zero-order valence-electron chi connectivity index (χ0n) is 8.92. The average molecular weight is 198 g/mol. The fourth-order valence-corrected chi connectivity index (χ4v) is 1.74. The molecule has 1 fully saturated rings. The van der Waals surface area contributed by atoms with E-state index in [1.54, 1.807) is 0 Å². The minimum atomic E-state index is 0.135. The Labute approximate surface area is 90.1 Å². The van der Waals surface area contributed by atoms with Gasteiger partial charge in [0, 0.05) is 5.57 Å². The molecule has 0 atom stereocenters. The van der Waals surface area contributed by atoms with Gasteiger partial charge in [-0.3, -0.25) is 4.79 Å². The molecule has 0 N–H and O–H groups in total. The average Bonchev–Trinajstić information content (AvgIpc) is 2.53. The van der Waals surface area contributed by atoms with E-state index in [0.717, 1.165) is 29.6 Å². The summed E-state index contributed by atoms with van der Waals surface area (Å²) in [6.07, 6.45) is 3.63. The number of benzene rings is 1. The van der Waals surface area contributed by atoms with Gasteiger partial charge in [0.1, 0.15) is 0 Å². The van der Waals surface area contributed by atoms with E-state index in [0.29, 0.717) is 0 Å². The molecule has 0 unspecified atom stereocenters. The van der Waals surface area contributed by atoms with Crippen molar-refractivity contribution in [3.05, 3.63) is 53.1 Å². The topological polar surface area (TPSA) is 17.1 Å². The molecule has 15 heavy (non-hydrogen) atoms. The predicted octanol–water partition coefficient (Wildman–Crippen LogP) is 3.30. The van der Waals surface area contributed by atoms with E-state index < -0.39 is 0 Å². The van der Waals surface area contributed by atoms with Gasteiger partial charge in [-0.1, -0.05) is 36.4 Å². The predicted molar refractivity (Wildman–Crippen MR) is 62.5 cm³/mol. The van der Waals surface area contributed by atoms with Crippen molar-refractivity contribution in [1.29, 1.82) is 0 Å². The Kier molecular flexibility index (Phi) is 2.55. The van der Waals surface area contributed by atoms with Gasteiger partial charge in [-0.15, -0.1) is 0 Å². The summed E-state index contributed by atoms with van der Waals surface area (Å²) in [5, 5.41) is 0. The van der Waals surface area contributed by atoms with Crippen LogP contribution in [0.15, 0.2) is 42.0 Å². The monoisotopic (exact) mass is 198 g/mol. The first-order chi connectivity index (χ1) is 7.16. The Bertz CT molecular complexity index is 435. The van der Waals surface area contributed by atoms with E-state index in [-0.39, 0.29) is 5.78 Å². The van der Waals surface area contributed by atoms with E-state index in [4.69, 9.17) is 0 Å². The molecule has 76 valence electrons. The maximum absolute atomic E-state index is 11.6. The maximum atomic E-state index is 11.6. The second kappa shape index (κ2) is 3.85. The second-order valence-electron chi connectivity index (χ2n) is 4.01. The minimum Gasteiger partial charge on any atom is -0.289 e. The molecule has 1 aliphatic rings. The number of Topliss-reactive ketones (excluding diaryl/α,β-unsaturated/α-hetero) is 1. The lowest BCUT2D eigenvalue weighted by molar-refractivity contribution is -0.111. The lowest BCUT2D eigenvalue weighted by atomic mass is 10.1. The van der Waals surface area contributed by atoms with E-state index in [2.05, 4.69) is 25.6 Å². The molecule has 1 aromatic rings. The quantitative estimate of drug-likeness (QED) is 0.633. The summed E-state index contributed by atoms with van der Waals surface area (Å²) >= 11 is 0. The van der Waals surface area contributed by atoms with E-state index >= 15 is 0 Å². The number of hydrogen-bond donors (Lipinski definition) is 0. The number of aryl methyl sites for hydroxylation is 1. The zero-order valence-corrected chi connectivity index (χ0v) is 8.92. The van der Waals surface area contributed by atoms with Gasteiger partial charge in [-0.2, -0.15) is 0 Å². The highest BCUT2D eigenvalue weighted by molar-refractivity contribution is 6.12. The third kappa shape index (κ3) is 2.07. The smallest absolute Gasteiger partial charge is 0.184 e. The van der Waals surface area contributed by atoms with Crippen LogP contribution in [-0.2, 0) is 4.79 Å². The van der Waals surface area contributed by atoms with Gasteiger partial charge in [-0.25, -0.2) is 0 Å². The Balaban J connectivity index is 2.27. The number of hydrogen-bond acceptors (Lipinski definition) is 1. The lowest BCUT2D eigenvalue weighted by Gasteiger charge is -1.97. The molecule has 0 saturated heterocycles. The molecule has 1 heteroatoms. The van der Waals surface area contributed by atoms with Crippen LogP contribution in [0.25, 0.3) is 6.08 Å². The van der Waals surface area contributed by atoms with Crippen LogP contribution in [0.4, 0.5) is 0 Å². The highest BCUT2D eigenvalue weighted by Gasteiger charge is 2.20. The molecule has 1 nitrogen and oxygen atoms in total. The zero-order chi connectivity index (χ0) is 10.8. The van der Waals surface area contributed by atoms with Gasteiger partial charge in [0.2, 0.25) is 0 Å². The molecule has 0 aromatic heterocycles. The van der Waals surface area contributed by atoms with Crippen molar-refractivity contribution in [1.82, 2.24) is 0 Å². The Morgan fingerprint density at radius 2 is 1.87 bits per heavy atom. The molecular weight excluding hydrogens is 184 g/mol. The molecule has 0 heterocycles. The van der Waals surface area contributed by atoms with Crippen molar-refractivity contribution >= 4 is 11.9 Å². The third-order valence-corrected chi connectivity index (χ3v) is 2.73. The van der Waals surface area contributed by atoms with Crippen LogP contribution in [0, 0.1) is 6.92 Å². The minimum absolute atomic E-state index is 0.135. The van der Waals surface area contributed by atoms with E-state index in [1.807, 2.05) is 18.2 Å². The third-order valence-electron chi connectivity index (χ3n) is 2.73. The van der Waals surface area contributed by atoms with Crippen molar-refractivity contribution in [2.75, 3.05) is 0 Å². The Morgan fingerprint density at radius 3 is 2.40 bits per heavy atom. The number of carbonyl (C=O) groups excluding carboxylic acids is 1. The van der Waals surface area contributed by atoms with Crippen molar-refractivity contribution in [2.45, 2.75) is 19.8 Å². The Morgan fingerprint density at radius 1 is 1.20 bits per heavy atom. The van der Waals surface area contributed by atoms with Crippen LogP contribution in [0.2, 0.25) is 0 Å². The summed E-state index contributed by atoms with van der Waals surface area (Å²) in [5.41, 5.74) is 3.97. The molecule has 1 aromatic carbocycles. The molecule has 0 radical (unpaired) electrons. The first kappa shape index (κ1) is 9.91. The highest BCUT2D eigenvalue weighted by atomic mass is 16.1. The van der Waals surface area contributed by atoms with Gasteiger partial charge in [0.15, 0.2) is 5.78 Å². The molecule has 1 aliphatic carbocycles. The summed E-state index contributed by atoms with van der Waals surface area (Å²) in [6.45, 7) is 5.81. The van der Waals surface area contributed by atoms with Crippen molar-refractivity contribution in [3.63, 3.8) is 0 Å². The normalized spacial score (nSPS) is 18.9. The number of carbonyl (C=O) groups is 1. The van der Waals surface area contributed by atoms with E-state index in [1.165, 1.54) is 5.56 Å². The fraction of sp³-hybridized carbons (Fsp3) is 0.214. The van der Waals surface area contributed by atoms with Gasteiger partial charge in [0.05, 0.1) is 0 Å². The molecule has 0 aliphatic heterocycles. The number of ketones is 1. The lowest BCUT2D eigenvalue weighted by Crippen LogP contribution is -1.93. The molecule has 0 spiro atoms. The van der Waals surface area contributed by atoms with Crippen molar-refractivity contribution in [3.8, 4) is 0 Å². The summed E-state index contributed by atoms with van der Waals surface area (Å²) in [6, 6.07) is 8.19. The summed E-state index contributed by atoms with van der Waals surface area (Å²) in [4.78, 5) is 11.6. The van der Waals surface area contributed by atoms with Crippen LogP contribution in [0.3, 0.4) is 0 Å². The van der Waals surface area contributed by atoms with Gasteiger partial charge < -0.3 is 0 Å². The molecule has 0 amide bonds. The van der Waals surface area contributed by atoms with Crippen LogP contribution >= 0.6 is 0 Å². The molecule has 2 rings (SSSR count).